The van der Waals surface area contributed by atoms with Crippen molar-refractivity contribution < 1.29 is 4.74 Å². The first-order chi connectivity index (χ1) is 9.81. The summed E-state index contributed by atoms with van der Waals surface area (Å²) in [4.78, 5) is 1.41. The third-order valence-electron chi connectivity index (χ3n) is 4.69. The van der Waals surface area contributed by atoms with Crippen LogP contribution in [0.1, 0.15) is 63.3 Å². The van der Waals surface area contributed by atoms with Crippen LogP contribution in [0, 0.1) is 11.8 Å². The fourth-order valence-corrected chi connectivity index (χ4v) is 4.64. The molecular weight excluding hydrogens is 266 g/mol. The van der Waals surface area contributed by atoms with Gasteiger partial charge in [-0.2, -0.15) is 0 Å². The van der Waals surface area contributed by atoms with Crippen molar-refractivity contribution in [2.24, 2.45) is 11.8 Å². The summed E-state index contributed by atoms with van der Waals surface area (Å²) < 4.78 is 5.58. The van der Waals surface area contributed by atoms with Gasteiger partial charge in [0.15, 0.2) is 0 Å². The van der Waals surface area contributed by atoms with Crippen molar-refractivity contribution in [1.29, 1.82) is 0 Å². The summed E-state index contributed by atoms with van der Waals surface area (Å²) >= 11 is 1.85. The zero-order chi connectivity index (χ0) is 14.4. The van der Waals surface area contributed by atoms with Crippen molar-refractivity contribution in [2.45, 2.75) is 58.4 Å². The quantitative estimate of drug-likeness (QED) is 0.763. The fraction of sp³-hybridized carbons (Fsp3) is 0.765. The molecule has 1 aromatic rings. The van der Waals surface area contributed by atoms with Crippen LogP contribution in [0.4, 0.5) is 0 Å². The van der Waals surface area contributed by atoms with Crippen molar-refractivity contribution in [1.82, 2.24) is 5.32 Å². The molecule has 2 nitrogen and oxygen atoms in total. The molecule has 1 heterocycles. The van der Waals surface area contributed by atoms with Crippen molar-refractivity contribution in [3.63, 3.8) is 0 Å². The van der Waals surface area contributed by atoms with E-state index in [9.17, 15) is 0 Å². The molecule has 1 fully saturated rings. The molecule has 3 heteroatoms. The molecule has 0 saturated heterocycles. The Balaban J connectivity index is 2.21. The van der Waals surface area contributed by atoms with E-state index in [1.807, 2.05) is 11.3 Å². The summed E-state index contributed by atoms with van der Waals surface area (Å²) in [5.74, 6) is 2.71. The number of methoxy groups -OCH3 is 1. The summed E-state index contributed by atoms with van der Waals surface area (Å²) in [7, 11) is 1.79. The highest BCUT2D eigenvalue weighted by atomic mass is 32.1. The Labute approximate surface area is 127 Å². The van der Waals surface area contributed by atoms with Crippen molar-refractivity contribution >= 4 is 11.3 Å². The average molecular weight is 295 g/mol. The maximum absolute atomic E-state index is 5.58. The summed E-state index contributed by atoms with van der Waals surface area (Å²) in [6.07, 6.45) is 8.06. The molecule has 0 spiro atoms. The Kier molecular flexibility index (Phi) is 6.37. The molecule has 3 unspecified atom stereocenters. The predicted octanol–water partition coefficient (Wildman–Crippen LogP) is 5.01. The molecule has 0 aromatic carbocycles. The van der Waals surface area contributed by atoms with Gasteiger partial charge in [-0.05, 0) is 42.7 Å². The molecule has 0 amide bonds. The lowest BCUT2D eigenvalue weighted by Gasteiger charge is -2.37. The van der Waals surface area contributed by atoms with Crippen LogP contribution in [-0.4, -0.2) is 13.7 Å². The summed E-state index contributed by atoms with van der Waals surface area (Å²) in [6, 6.07) is 2.60. The first-order valence-corrected chi connectivity index (χ1v) is 9.04. The first-order valence-electron chi connectivity index (χ1n) is 8.16. The van der Waals surface area contributed by atoms with Gasteiger partial charge in [-0.15, -0.1) is 11.3 Å². The Morgan fingerprint density at radius 2 is 2.15 bits per heavy atom. The number of hydrogen-bond donors (Lipinski definition) is 1. The summed E-state index contributed by atoms with van der Waals surface area (Å²) in [5, 5.41) is 5.98. The number of nitrogens with one attached hydrogen (secondary N) is 1. The van der Waals surface area contributed by atoms with Gasteiger partial charge in [0.05, 0.1) is 12.0 Å². The van der Waals surface area contributed by atoms with Gasteiger partial charge < -0.3 is 10.1 Å². The van der Waals surface area contributed by atoms with Crippen LogP contribution in [0.3, 0.4) is 0 Å². The van der Waals surface area contributed by atoms with Gasteiger partial charge in [-0.1, -0.05) is 39.5 Å². The maximum Gasteiger partial charge on any atom is 0.134 e. The van der Waals surface area contributed by atoms with E-state index in [1.54, 1.807) is 7.11 Å². The highest BCUT2D eigenvalue weighted by Gasteiger charge is 2.33. The maximum atomic E-state index is 5.58. The molecule has 1 aliphatic rings. The van der Waals surface area contributed by atoms with E-state index in [0.29, 0.717) is 6.04 Å². The van der Waals surface area contributed by atoms with E-state index < -0.39 is 0 Å². The third kappa shape index (κ3) is 3.56. The van der Waals surface area contributed by atoms with Crippen LogP contribution in [0.15, 0.2) is 11.4 Å². The molecule has 1 aromatic heterocycles. The van der Waals surface area contributed by atoms with Crippen molar-refractivity contribution in [2.75, 3.05) is 13.7 Å². The minimum absolute atomic E-state index is 0.482. The molecule has 0 aliphatic heterocycles. The van der Waals surface area contributed by atoms with Gasteiger partial charge in [0.1, 0.15) is 5.75 Å². The molecule has 0 radical (unpaired) electrons. The second-order valence-electron chi connectivity index (χ2n) is 5.90. The zero-order valence-electron chi connectivity index (χ0n) is 13.2. The lowest BCUT2D eigenvalue weighted by Crippen LogP contribution is -2.34. The first kappa shape index (κ1) is 15.8. The zero-order valence-corrected chi connectivity index (χ0v) is 14.0. The Bertz CT molecular complexity index is 390. The second-order valence-corrected chi connectivity index (χ2v) is 6.85. The van der Waals surface area contributed by atoms with Crippen LogP contribution in [-0.2, 0) is 0 Å². The van der Waals surface area contributed by atoms with Crippen molar-refractivity contribution in [3.05, 3.63) is 16.3 Å². The van der Waals surface area contributed by atoms with Crippen LogP contribution in [0.5, 0.6) is 5.75 Å². The molecule has 2 rings (SSSR count). The highest BCUT2D eigenvalue weighted by molar-refractivity contribution is 7.10. The Morgan fingerprint density at radius 3 is 2.85 bits per heavy atom. The lowest BCUT2D eigenvalue weighted by atomic mass is 9.73. The van der Waals surface area contributed by atoms with Gasteiger partial charge in [0.25, 0.3) is 0 Å². The summed E-state index contributed by atoms with van der Waals surface area (Å²) in [5.41, 5.74) is 0. The Morgan fingerprint density at radius 1 is 1.35 bits per heavy atom. The predicted molar refractivity (Wildman–Crippen MR) is 87.6 cm³/mol. The van der Waals surface area contributed by atoms with Gasteiger partial charge in [-0.25, -0.2) is 0 Å². The van der Waals surface area contributed by atoms with Gasteiger partial charge in [0, 0.05) is 6.04 Å². The molecule has 1 saturated carbocycles. The van der Waals surface area contributed by atoms with E-state index in [1.165, 1.54) is 43.4 Å². The number of ether oxygens (including phenoxy) is 1. The minimum Gasteiger partial charge on any atom is -0.496 e. The molecule has 3 atom stereocenters. The number of rotatable bonds is 7. The number of thiophene rings is 1. The molecule has 1 aliphatic carbocycles. The average Bonchev–Trinajstić information content (AvgIpc) is 2.96. The van der Waals surface area contributed by atoms with Crippen LogP contribution in [0.2, 0.25) is 0 Å². The largest absolute Gasteiger partial charge is 0.496 e. The molecular formula is C17H29NOS. The normalized spacial score (nSPS) is 24.6. The van der Waals surface area contributed by atoms with Crippen LogP contribution < -0.4 is 10.1 Å². The molecule has 114 valence electrons. The second kappa shape index (κ2) is 8.04. The highest BCUT2D eigenvalue weighted by Crippen LogP contribution is 2.44. The van der Waals surface area contributed by atoms with Gasteiger partial charge >= 0.3 is 0 Å². The van der Waals surface area contributed by atoms with E-state index in [2.05, 4.69) is 30.6 Å². The van der Waals surface area contributed by atoms with E-state index in [0.717, 1.165) is 24.1 Å². The van der Waals surface area contributed by atoms with E-state index >= 15 is 0 Å². The minimum atomic E-state index is 0.482. The third-order valence-corrected chi connectivity index (χ3v) is 5.68. The molecule has 0 bridgehead atoms. The molecule has 20 heavy (non-hydrogen) atoms. The SMILES string of the molecule is CCCNC(c1sccc1OC)C1CCCCC1CC. The lowest BCUT2D eigenvalue weighted by molar-refractivity contribution is 0.175. The Hall–Kier alpha value is -0.540. The van der Waals surface area contributed by atoms with E-state index in [4.69, 9.17) is 4.74 Å². The van der Waals surface area contributed by atoms with Gasteiger partial charge in [0.2, 0.25) is 0 Å². The van der Waals surface area contributed by atoms with Crippen LogP contribution >= 0.6 is 11.3 Å². The summed E-state index contributed by atoms with van der Waals surface area (Å²) in [6.45, 7) is 5.69. The fourth-order valence-electron chi connectivity index (χ4n) is 3.62. The van der Waals surface area contributed by atoms with Crippen molar-refractivity contribution in [3.8, 4) is 5.75 Å². The van der Waals surface area contributed by atoms with E-state index in [-0.39, 0.29) is 0 Å². The van der Waals surface area contributed by atoms with Gasteiger partial charge in [-0.3, -0.25) is 0 Å². The standard InChI is InChI=1S/C17H29NOS/c1-4-11-18-16(17-15(19-3)10-12-20-17)14-9-7-6-8-13(14)5-2/h10,12-14,16,18H,4-9,11H2,1-3H3. The number of hydrogen-bond acceptors (Lipinski definition) is 3. The topological polar surface area (TPSA) is 21.3 Å². The monoisotopic (exact) mass is 295 g/mol. The smallest absolute Gasteiger partial charge is 0.134 e. The molecule has 1 N–H and O–H groups in total. The van der Waals surface area contributed by atoms with Crippen LogP contribution in [0.25, 0.3) is 0 Å².